The Hall–Kier alpha value is -2.04. The number of aliphatic hydroxyl groups excluding tert-OH is 10. The Labute approximate surface area is 593 Å². The molecule has 3 rings (SSSR count). The lowest BCUT2D eigenvalue weighted by Crippen LogP contribution is -2.69. The van der Waals surface area contributed by atoms with E-state index in [4.69, 9.17) is 42.2 Å². The number of phosphoric ester groups is 1. The van der Waals surface area contributed by atoms with E-state index in [1.807, 2.05) is 0 Å². The van der Waals surface area contributed by atoms with E-state index < -0.39 is 156 Å². The maximum absolute atomic E-state index is 14.4. The Kier molecular flexibility index (Phi) is 50.2. The minimum Gasteiger partial charge on any atom is -0.463 e. The van der Waals surface area contributed by atoms with Crippen molar-refractivity contribution in [1.82, 2.24) is 0 Å². The fourth-order valence-electron chi connectivity index (χ4n) is 13.4. The lowest BCUT2D eigenvalue weighted by molar-refractivity contribution is -0.360. The van der Waals surface area contributed by atoms with Gasteiger partial charge < -0.3 is 89.1 Å². The molecule has 0 bridgehead atoms. The van der Waals surface area contributed by atoms with Gasteiger partial charge in [-0.25, -0.2) is 4.57 Å². The number of aliphatic hydroxyl groups is 10. The van der Waals surface area contributed by atoms with Crippen molar-refractivity contribution in [2.75, 3.05) is 26.4 Å². The first kappa shape index (κ1) is 91.2. The third-order valence-electron chi connectivity index (χ3n) is 19.9. The number of hydrogen-bond donors (Lipinski definition) is 11. The first-order valence-electron chi connectivity index (χ1n) is 39.1. The van der Waals surface area contributed by atoms with E-state index in [2.05, 4.69) is 34.6 Å². The van der Waals surface area contributed by atoms with Crippen molar-refractivity contribution in [1.29, 1.82) is 0 Å². The van der Waals surface area contributed by atoms with Crippen LogP contribution in [0.25, 0.3) is 0 Å². The molecule has 0 amide bonds. The molecule has 2 saturated heterocycles. The Bertz CT molecular complexity index is 2080. The predicted octanol–water partition coefficient (Wildman–Crippen LogP) is 11.1. The van der Waals surface area contributed by atoms with Gasteiger partial charge >= 0.3 is 25.7 Å². The highest BCUT2D eigenvalue weighted by molar-refractivity contribution is 7.47. The Morgan fingerprint density at radius 1 is 0.384 bits per heavy atom. The van der Waals surface area contributed by atoms with Gasteiger partial charge in [-0.15, -0.1) is 0 Å². The normalized spacial score (nSPS) is 28.1. The van der Waals surface area contributed by atoms with Crippen LogP contribution in [0.4, 0.5) is 0 Å². The van der Waals surface area contributed by atoms with E-state index in [9.17, 15) is 74.9 Å². The van der Waals surface area contributed by atoms with Crippen LogP contribution in [0, 0.1) is 11.8 Å². The molecule has 20 unspecified atom stereocenters. The average Bonchev–Trinajstić information content (AvgIpc) is 0.762. The van der Waals surface area contributed by atoms with Gasteiger partial charge in [0.2, 0.25) is 0 Å². The molecule has 1 aliphatic carbocycles. The Balaban J connectivity index is 1.73. The molecule has 25 heteroatoms. The summed E-state index contributed by atoms with van der Waals surface area (Å²) in [7, 11) is -5.69. The molecule has 2 heterocycles. The summed E-state index contributed by atoms with van der Waals surface area (Å²) in [5, 5.41) is 110. The molecular weight excluding hydrogens is 1300 g/mol. The van der Waals surface area contributed by atoms with E-state index in [0.29, 0.717) is 31.1 Å². The molecule has 11 N–H and O–H groups in total. The number of phosphoric acid groups is 1. The Morgan fingerprint density at radius 3 is 1.09 bits per heavy atom. The molecule has 0 aromatic rings. The molecule has 0 aromatic heterocycles. The van der Waals surface area contributed by atoms with E-state index in [0.717, 1.165) is 96.3 Å². The molecule has 3 fully saturated rings. The maximum atomic E-state index is 14.4. The smallest absolute Gasteiger partial charge is 0.463 e. The molecule has 0 spiro atoms. The molecule has 584 valence electrons. The van der Waals surface area contributed by atoms with Gasteiger partial charge in [0, 0.05) is 19.3 Å². The van der Waals surface area contributed by atoms with Crippen molar-refractivity contribution in [3.8, 4) is 0 Å². The number of rotatable bonds is 60. The summed E-state index contributed by atoms with van der Waals surface area (Å²) in [4.78, 5) is 51.1. The van der Waals surface area contributed by atoms with Gasteiger partial charge in [0.15, 0.2) is 18.7 Å². The largest absolute Gasteiger partial charge is 0.472 e. The van der Waals surface area contributed by atoms with Crippen LogP contribution in [0.1, 0.15) is 311 Å². The first-order valence-corrected chi connectivity index (χ1v) is 40.6. The minimum absolute atomic E-state index is 0.0306. The summed E-state index contributed by atoms with van der Waals surface area (Å²) in [5.74, 6) is -0.583. The summed E-state index contributed by atoms with van der Waals surface area (Å²) in [6.07, 6.45) is 8.88. The fraction of sp³-hybridized carbons (Fsp3) is 0.959. The van der Waals surface area contributed by atoms with Crippen LogP contribution in [0.2, 0.25) is 0 Å². The highest BCUT2D eigenvalue weighted by atomic mass is 31.2. The predicted molar refractivity (Wildman–Crippen MR) is 375 cm³/mol. The van der Waals surface area contributed by atoms with Crippen molar-refractivity contribution in [3.05, 3.63) is 0 Å². The SMILES string of the molecule is CCCCCCCCCCCCCCC(=O)OC(COC(=O)CCCCCCCCC(C)CCCCCCCC)COP(=O)(O)OC1C(OC2OC(CO)C(O)C(O)C2O)C(O)C(O)C(O)C1OC1OC(COC(=O)CCCCCCCCC(C)CCCCCCCC)C(O)C(O)C1O. The second-order valence-corrected chi connectivity index (χ2v) is 30.4. The fourth-order valence-corrected chi connectivity index (χ4v) is 14.3. The molecule has 24 nitrogen and oxygen atoms in total. The number of carbonyl (C=O) groups is 3. The molecule has 1 saturated carbocycles. The second kappa shape index (κ2) is 54.5. The summed E-state index contributed by atoms with van der Waals surface area (Å²) in [5.41, 5.74) is 0. The van der Waals surface area contributed by atoms with Crippen molar-refractivity contribution in [3.63, 3.8) is 0 Å². The third kappa shape index (κ3) is 38.2. The number of esters is 3. The van der Waals surface area contributed by atoms with Crippen LogP contribution in [-0.4, -0.2) is 204 Å². The standard InChI is InChI=1S/C74H139O24P/c1-6-9-12-15-18-19-20-21-22-23-34-41-48-60(78)93-55(50-90-58(76)46-39-32-26-24-30-37-44-53(4)42-35-28-16-13-10-7-2)51-92-99(88,89)98-72-70(96-73-68(86)63(81)61(79)56(49-75)94-73)66(84)65(83)67(85)71(72)97-74-69(87)64(82)62(80)57(95-74)52-91-59(77)47-40-33-27-25-31-38-45-54(5)43-36-29-17-14-11-8-3/h53-57,61-75,79-87H,6-52H2,1-5H3,(H,88,89). The molecule has 0 radical (unpaired) electrons. The monoisotopic (exact) mass is 1440 g/mol. The van der Waals surface area contributed by atoms with Gasteiger partial charge in [-0.05, 0) is 31.1 Å². The van der Waals surface area contributed by atoms with Gasteiger partial charge in [-0.3, -0.25) is 23.4 Å². The maximum Gasteiger partial charge on any atom is 0.472 e. The van der Waals surface area contributed by atoms with Crippen molar-refractivity contribution in [2.45, 2.75) is 415 Å². The van der Waals surface area contributed by atoms with E-state index in [1.165, 1.54) is 141 Å². The van der Waals surface area contributed by atoms with Gasteiger partial charge in [0.05, 0.1) is 13.2 Å². The van der Waals surface area contributed by atoms with E-state index in [1.54, 1.807) is 0 Å². The van der Waals surface area contributed by atoms with Crippen LogP contribution in [-0.2, 0) is 61.2 Å². The van der Waals surface area contributed by atoms with E-state index >= 15 is 0 Å². The average molecular weight is 1440 g/mol. The number of hydrogen-bond acceptors (Lipinski definition) is 23. The number of unbranched alkanes of at least 4 members (excludes halogenated alkanes) is 31. The third-order valence-corrected chi connectivity index (χ3v) is 20.9. The Morgan fingerprint density at radius 2 is 0.707 bits per heavy atom. The summed E-state index contributed by atoms with van der Waals surface area (Å²) < 4.78 is 65.2. The first-order chi connectivity index (χ1) is 47.6. The number of carbonyl (C=O) groups excluding carboxylic acids is 3. The van der Waals surface area contributed by atoms with E-state index in [-0.39, 0.29) is 19.3 Å². The molecule has 20 atom stereocenters. The summed E-state index contributed by atoms with van der Waals surface area (Å²) >= 11 is 0. The van der Waals surface area contributed by atoms with Crippen LogP contribution < -0.4 is 0 Å². The van der Waals surface area contributed by atoms with Crippen molar-refractivity contribution < 1.29 is 117 Å². The molecule has 0 aromatic carbocycles. The van der Waals surface area contributed by atoms with Gasteiger partial charge in [0.25, 0.3) is 0 Å². The molecular formula is C74H139O24P. The van der Waals surface area contributed by atoms with Crippen molar-refractivity contribution >= 4 is 25.7 Å². The lowest BCUT2D eigenvalue weighted by Gasteiger charge is -2.49. The minimum atomic E-state index is -5.69. The summed E-state index contributed by atoms with van der Waals surface area (Å²) in [6, 6.07) is 0. The van der Waals surface area contributed by atoms with Gasteiger partial charge in [0.1, 0.15) is 98.7 Å². The highest BCUT2D eigenvalue weighted by Gasteiger charge is 2.58. The zero-order valence-corrected chi connectivity index (χ0v) is 62.3. The molecule has 3 aliphatic rings. The van der Waals surface area contributed by atoms with Crippen LogP contribution in [0.15, 0.2) is 0 Å². The zero-order valence-electron chi connectivity index (χ0n) is 61.4. The highest BCUT2D eigenvalue weighted by Crippen LogP contribution is 2.49. The second-order valence-electron chi connectivity index (χ2n) is 29.0. The number of ether oxygens (including phenoxy) is 7. The van der Waals surface area contributed by atoms with Crippen LogP contribution in [0.5, 0.6) is 0 Å². The van der Waals surface area contributed by atoms with Gasteiger partial charge in [-0.1, -0.05) is 272 Å². The quantitative estimate of drug-likeness (QED) is 0.0117. The van der Waals surface area contributed by atoms with Gasteiger partial charge in [-0.2, -0.15) is 0 Å². The molecule has 99 heavy (non-hydrogen) atoms. The van der Waals surface area contributed by atoms with Crippen LogP contribution in [0.3, 0.4) is 0 Å². The van der Waals surface area contributed by atoms with Crippen molar-refractivity contribution in [2.24, 2.45) is 11.8 Å². The zero-order chi connectivity index (χ0) is 72.8. The lowest BCUT2D eigenvalue weighted by atomic mass is 9.84. The van der Waals surface area contributed by atoms with Crippen LogP contribution >= 0.6 is 7.82 Å². The molecule has 2 aliphatic heterocycles. The summed E-state index contributed by atoms with van der Waals surface area (Å²) in [6.45, 7) is 8.11. The topological polar surface area (TPSA) is 374 Å².